The molecular weight excluding hydrogens is 188 g/mol. The number of hydrogen-bond acceptors (Lipinski definition) is 4. The molecule has 0 amide bonds. The number of nitriles is 1. The van der Waals surface area contributed by atoms with E-state index in [9.17, 15) is 4.79 Å². The third-order valence-corrected chi connectivity index (χ3v) is 2.50. The molecule has 5 heteroatoms. The summed E-state index contributed by atoms with van der Waals surface area (Å²) in [5.74, 6) is -0.892. The van der Waals surface area contributed by atoms with Gasteiger partial charge in [-0.05, 0) is 6.92 Å². The minimum absolute atomic E-state index is 0.0617. The van der Waals surface area contributed by atoms with Crippen LogP contribution in [0.4, 0.5) is 0 Å². The van der Waals surface area contributed by atoms with Crippen molar-refractivity contribution in [3.05, 3.63) is 15.6 Å². The van der Waals surface area contributed by atoms with Gasteiger partial charge in [-0.1, -0.05) is 0 Å². The van der Waals surface area contributed by atoms with Crippen molar-refractivity contribution in [2.24, 2.45) is 0 Å². The highest BCUT2D eigenvalue weighted by Gasteiger charge is 2.10. The molecule has 0 spiro atoms. The molecule has 0 atom stereocenters. The molecule has 13 heavy (non-hydrogen) atoms. The lowest BCUT2D eigenvalue weighted by atomic mass is 10.3. The second-order valence-corrected chi connectivity index (χ2v) is 3.80. The SMILES string of the molecule is Cc1sc(CC#N)nc1CC(=O)O. The average molecular weight is 196 g/mol. The molecule has 0 aromatic carbocycles. The van der Waals surface area contributed by atoms with E-state index in [0.717, 1.165) is 4.88 Å². The average Bonchev–Trinajstić information content (AvgIpc) is 2.31. The standard InChI is InChI=1S/C8H8N2O2S/c1-5-6(4-8(11)12)10-7(13-5)2-3-9/h2,4H2,1H3,(H,11,12). The third kappa shape index (κ3) is 2.53. The molecule has 68 valence electrons. The molecule has 0 aliphatic carbocycles. The smallest absolute Gasteiger partial charge is 0.309 e. The summed E-state index contributed by atoms with van der Waals surface area (Å²) >= 11 is 1.38. The fourth-order valence-electron chi connectivity index (χ4n) is 0.938. The molecule has 0 saturated heterocycles. The van der Waals surface area contributed by atoms with Gasteiger partial charge in [-0.15, -0.1) is 11.3 Å². The molecule has 1 aromatic rings. The highest BCUT2D eigenvalue weighted by Crippen LogP contribution is 2.18. The predicted molar refractivity (Wildman–Crippen MR) is 47.5 cm³/mol. The van der Waals surface area contributed by atoms with Gasteiger partial charge >= 0.3 is 5.97 Å². The van der Waals surface area contributed by atoms with Crippen LogP contribution in [0.2, 0.25) is 0 Å². The molecule has 0 unspecified atom stereocenters. The minimum Gasteiger partial charge on any atom is -0.481 e. The first kappa shape index (κ1) is 9.68. The van der Waals surface area contributed by atoms with Crippen molar-refractivity contribution >= 4 is 17.3 Å². The van der Waals surface area contributed by atoms with Gasteiger partial charge in [0.05, 0.1) is 24.6 Å². The molecule has 0 radical (unpaired) electrons. The molecule has 1 aromatic heterocycles. The Balaban J connectivity index is 2.84. The number of thiazole rings is 1. The molecule has 1 heterocycles. The lowest BCUT2D eigenvalue weighted by Gasteiger charge is -1.89. The lowest BCUT2D eigenvalue weighted by Crippen LogP contribution is -2.01. The van der Waals surface area contributed by atoms with Gasteiger partial charge in [0, 0.05) is 4.88 Å². The fraction of sp³-hybridized carbons (Fsp3) is 0.375. The van der Waals surface area contributed by atoms with Crippen LogP contribution in [0.25, 0.3) is 0 Å². The van der Waals surface area contributed by atoms with Crippen molar-refractivity contribution in [1.29, 1.82) is 5.26 Å². The highest BCUT2D eigenvalue weighted by atomic mass is 32.1. The predicted octanol–water partition coefficient (Wildman–Crippen LogP) is 1.14. The maximum absolute atomic E-state index is 10.4. The van der Waals surface area contributed by atoms with Gasteiger partial charge in [0.25, 0.3) is 0 Å². The van der Waals surface area contributed by atoms with E-state index < -0.39 is 5.97 Å². The van der Waals surface area contributed by atoms with Crippen LogP contribution in [0, 0.1) is 18.3 Å². The second kappa shape index (κ2) is 4.01. The summed E-state index contributed by atoms with van der Waals surface area (Å²) in [4.78, 5) is 15.3. The maximum Gasteiger partial charge on any atom is 0.309 e. The molecule has 0 aliphatic rings. The Labute approximate surface area is 79.5 Å². The minimum atomic E-state index is -0.892. The summed E-state index contributed by atoms with van der Waals surface area (Å²) in [7, 11) is 0. The van der Waals surface area contributed by atoms with Crippen molar-refractivity contribution < 1.29 is 9.90 Å². The van der Waals surface area contributed by atoms with Gasteiger partial charge in [-0.2, -0.15) is 5.26 Å². The van der Waals surface area contributed by atoms with Crippen molar-refractivity contribution in [1.82, 2.24) is 4.98 Å². The van der Waals surface area contributed by atoms with Crippen molar-refractivity contribution in [3.8, 4) is 6.07 Å². The largest absolute Gasteiger partial charge is 0.481 e. The number of carboxylic acid groups (broad SMARTS) is 1. The highest BCUT2D eigenvalue weighted by molar-refractivity contribution is 7.11. The molecular formula is C8H8N2O2S. The summed E-state index contributed by atoms with van der Waals surface area (Å²) < 4.78 is 0. The number of aliphatic carboxylic acids is 1. The molecule has 0 fully saturated rings. The van der Waals surface area contributed by atoms with E-state index in [4.69, 9.17) is 10.4 Å². The molecule has 0 saturated carbocycles. The van der Waals surface area contributed by atoms with Gasteiger partial charge in [-0.25, -0.2) is 4.98 Å². The Bertz CT molecular complexity index is 365. The van der Waals surface area contributed by atoms with Crippen LogP contribution in [0.1, 0.15) is 15.6 Å². The quantitative estimate of drug-likeness (QED) is 0.786. The molecule has 0 aliphatic heterocycles. The van der Waals surface area contributed by atoms with Crippen molar-refractivity contribution in [2.45, 2.75) is 19.8 Å². The summed E-state index contributed by atoms with van der Waals surface area (Å²) in [5, 5.41) is 17.6. The van der Waals surface area contributed by atoms with Crippen LogP contribution >= 0.6 is 11.3 Å². The molecule has 1 rings (SSSR count). The van der Waals surface area contributed by atoms with E-state index in [-0.39, 0.29) is 12.8 Å². The van der Waals surface area contributed by atoms with E-state index in [0.29, 0.717) is 10.7 Å². The monoisotopic (exact) mass is 196 g/mol. The van der Waals surface area contributed by atoms with Crippen LogP contribution in [0.15, 0.2) is 0 Å². The summed E-state index contributed by atoms with van der Waals surface area (Å²) in [6.07, 6.45) is 0.193. The van der Waals surface area contributed by atoms with E-state index >= 15 is 0 Å². The van der Waals surface area contributed by atoms with Gasteiger partial charge < -0.3 is 5.11 Å². The van der Waals surface area contributed by atoms with Crippen LogP contribution in [0.3, 0.4) is 0 Å². The second-order valence-electron chi connectivity index (χ2n) is 2.52. The summed E-state index contributed by atoms with van der Waals surface area (Å²) in [6.45, 7) is 1.82. The first-order chi connectivity index (χ1) is 6.13. The Morgan fingerprint density at radius 1 is 1.77 bits per heavy atom. The number of nitrogens with zero attached hydrogens (tertiary/aromatic N) is 2. The van der Waals surface area contributed by atoms with Crippen LogP contribution in [-0.2, 0) is 17.6 Å². The van der Waals surface area contributed by atoms with Gasteiger partial charge in [0.15, 0.2) is 0 Å². The van der Waals surface area contributed by atoms with Crippen LogP contribution in [-0.4, -0.2) is 16.1 Å². The van der Waals surface area contributed by atoms with Crippen LogP contribution in [0.5, 0.6) is 0 Å². The number of aryl methyl sites for hydroxylation is 1. The normalized spacial score (nSPS) is 9.54. The Kier molecular flexibility index (Phi) is 2.98. The first-order valence-electron chi connectivity index (χ1n) is 3.67. The van der Waals surface area contributed by atoms with Gasteiger partial charge in [-0.3, -0.25) is 4.79 Å². The Morgan fingerprint density at radius 3 is 3.00 bits per heavy atom. The van der Waals surface area contributed by atoms with E-state index in [1.54, 1.807) is 0 Å². The zero-order valence-electron chi connectivity index (χ0n) is 7.07. The fourth-order valence-corrected chi connectivity index (χ4v) is 1.82. The lowest BCUT2D eigenvalue weighted by molar-refractivity contribution is -0.136. The first-order valence-corrected chi connectivity index (χ1v) is 4.49. The van der Waals surface area contributed by atoms with E-state index in [1.807, 2.05) is 13.0 Å². The maximum atomic E-state index is 10.4. The number of aromatic nitrogens is 1. The third-order valence-electron chi connectivity index (χ3n) is 1.49. The number of hydrogen-bond donors (Lipinski definition) is 1. The number of carboxylic acids is 1. The zero-order chi connectivity index (χ0) is 9.84. The molecule has 0 bridgehead atoms. The number of carbonyl (C=O) groups is 1. The zero-order valence-corrected chi connectivity index (χ0v) is 7.89. The van der Waals surface area contributed by atoms with Gasteiger partial charge in [0.2, 0.25) is 0 Å². The van der Waals surface area contributed by atoms with E-state index in [1.165, 1.54) is 11.3 Å². The van der Waals surface area contributed by atoms with Crippen molar-refractivity contribution in [3.63, 3.8) is 0 Å². The Morgan fingerprint density at radius 2 is 2.46 bits per heavy atom. The summed E-state index contributed by atoms with van der Waals surface area (Å²) in [6, 6.07) is 1.98. The van der Waals surface area contributed by atoms with Gasteiger partial charge in [0.1, 0.15) is 5.01 Å². The van der Waals surface area contributed by atoms with Crippen LogP contribution < -0.4 is 0 Å². The molecule has 4 nitrogen and oxygen atoms in total. The van der Waals surface area contributed by atoms with E-state index in [2.05, 4.69) is 4.98 Å². The molecule has 1 N–H and O–H groups in total. The van der Waals surface area contributed by atoms with Crippen molar-refractivity contribution in [2.75, 3.05) is 0 Å². The Hall–Kier alpha value is -1.41. The summed E-state index contributed by atoms with van der Waals surface area (Å²) in [5.41, 5.74) is 0.572. The number of rotatable bonds is 3. The topological polar surface area (TPSA) is 74.0 Å².